The number of halogens is 3. The summed E-state index contributed by atoms with van der Waals surface area (Å²) in [5.41, 5.74) is 0.786. The second kappa shape index (κ2) is 4.91. The monoisotopic (exact) mass is 261 g/mol. The molecule has 1 fully saturated rings. The van der Waals surface area contributed by atoms with Crippen LogP contribution in [0.1, 0.15) is 18.4 Å². The Kier molecular flexibility index (Phi) is 3.73. The quantitative estimate of drug-likeness (QED) is 0.799. The van der Waals surface area contributed by atoms with Gasteiger partial charge in [0, 0.05) is 29.6 Å². The molecule has 1 nitrogen and oxygen atoms in total. The third kappa shape index (κ3) is 2.68. The fourth-order valence-corrected chi connectivity index (χ4v) is 2.28. The first-order valence-electron chi connectivity index (χ1n) is 5.36. The summed E-state index contributed by atoms with van der Waals surface area (Å²) in [7, 11) is 0. The standard InChI is InChI=1S/C12H14Cl2FN/c13-7-12(4-5-12)8-16-6-9-10(14)2-1-3-11(9)15/h1-3,16H,4-8H2. The van der Waals surface area contributed by atoms with Crippen LogP contribution in [0.15, 0.2) is 18.2 Å². The number of hydrogen-bond acceptors (Lipinski definition) is 1. The van der Waals surface area contributed by atoms with Crippen LogP contribution in [0.4, 0.5) is 4.39 Å². The molecule has 4 heteroatoms. The minimum atomic E-state index is -0.254. The van der Waals surface area contributed by atoms with Crippen LogP contribution < -0.4 is 5.32 Å². The van der Waals surface area contributed by atoms with E-state index in [0.717, 1.165) is 19.4 Å². The van der Waals surface area contributed by atoms with Gasteiger partial charge in [0.2, 0.25) is 0 Å². The average molecular weight is 262 g/mol. The van der Waals surface area contributed by atoms with Crippen molar-refractivity contribution in [2.45, 2.75) is 19.4 Å². The van der Waals surface area contributed by atoms with E-state index in [1.54, 1.807) is 12.1 Å². The van der Waals surface area contributed by atoms with Gasteiger partial charge in [-0.25, -0.2) is 4.39 Å². The lowest BCUT2D eigenvalue weighted by Gasteiger charge is -2.13. The van der Waals surface area contributed by atoms with E-state index in [1.807, 2.05) is 0 Å². The van der Waals surface area contributed by atoms with Crippen molar-refractivity contribution in [2.75, 3.05) is 12.4 Å². The number of benzene rings is 1. The molecule has 1 aliphatic carbocycles. The largest absolute Gasteiger partial charge is 0.312 e. The lowest BCUT2D eigenvalue weighted by Crippen LogP contribution is -2.25. The maximum absolute atomic E-state index is 13.4. The average Bonchev–Trinajstić information content (AvgIpc) is 3.03. The number of alkyl halides is 1. The first-order valence-corrected chi connectivity index (χ1v) is 6.28. The van der Waals surface area contributed by atoms with Gasteiger partial charge in [-0.2, -0.15) is 0 Å². The van der Waals surface area contributed by atoms with Crippen molar-refractivity contribution in [1.29, 1.82) is 0 Å². The van der Waals surface area contributed by atoms with E-state index in [2.05, 4.69) is 5.32 Å². The molecule has 1 aliphatic rings. The van der Waals surface area contributed by atoms with Gasteiger partial charge in [-0.1, -0.05) is 17.7 Å². The molecule has 16 heavy (non-hydrogen) atoms. The molecule has 0 amide bonds. The predicted molar refractivity (Wildman–Crippen MR) is 65.5 cm³/mol. The molecule has 1 aromatic carbocycles. The number of hydrogen-bond donors (Lipinski definition) is 1. The van der Waals surface area contributed by atoms with Gasteiger partial charge in [0.05, 0.1) is 0 Å². The van der Waals surface area contributed by atoms with Gasteiger partial charge >= 0.3 is 0 Å². The Morgan fingerprint density at radius 1 is 1.38 bits per heavy atom. The van der Waals surface area contributed by atoms with Crippen molar-refractivity contribution >= 4 is 23.2 Å². The van der Waals surface area contributed by atoms with Gasteiger partial charge in [-0.05, 0) is 30.4 Å². The summed E-state index contributed by atoms with van der Waals surface area (Å²) >= 11 is 11.8. The zero-order chi connectivity index (χ0) is 11.6. The second-order valence-corrected chi connectivity index (χ2v) is 5.11. The molecular formula is C12H14Cl2FN. The smallest absolute Gasteiger partial charge is 0.129 e. The molecule has 0 spiro atoms. The van der Waals surface area contributed by atoms with E-state index in [1.165, 1.54) is 6.07 Å². The summed E-state index contributed by atoms with van der Waals surface area (Å²) in [5.74, 6) is 0.418. The summed E-state index contributed by atoms with van der Waals surface area (Å²) in [6, 6.07) is 4.75. The van der Waals surface area contributed by atoms with E-state index in [9.17, 15) is 4.39 Å². The molecule has 0 aromatic heterocycles. The molecule has 88 valence electrons. The maximum atomic E-state index is 13.4. The minimum absolute atomic E-state index is 0.249. The van der Waals surface area contributed by atoms with Crippen LogP contribution in [0.2, 0.25) is 5.02 Å². The normalized spacial score (nSPS) is 17.4. The lowest BCUT2D eigenvalue weighted by atomic mass is 10.1. The number of rotatable bonds is 5. The summed E-state index contributed by atoms with van der Waals surface area (Å²) in [4.78, 5) is 0. The third-order valence-electron chi connectivity index (χ3n) is 3.10. The molecule has 0 unspecified atom stereocenters. The van der Waals surface area contributed by atoms with E-state index in [4.69, 9.17) is 23.2 Å². The van der Waals surface area contributed by atoms with Crippen LogP contribution in [-0.2, 0) is 6.54 Å². The molecule has 0 radical (unpaired) electrons. The van der Waals surface area contributed by atoms with Gasteiger partial charge in [-0.3, -0.25) is 0 Å². The van der Waals surface area contributed by atoms with E-state index in [-0.39, 0.29) is 11.2 Å². The highest BCUT2D eigenvalue weighted by atomic mass is 35.5. The zero-order valence-electron chi connectivity index (χ0n) is 8.90. The molecule has 1 N–H and O–H groups in total. The highest BCUT2D eigenvalue weighted by Crippen LogP contribution is 2.45. The topological polar surface area (TPSA) is 12.0 Å². The molecule has 0 aliphatic heterocycles. The summed E-state index contributed by atoms with van der Waals surface area (Å²) in [5, 5.41) is 3.70. The Bertz CT molecular complexity index is 357. The maximum Gasteiger partial charge on any atom is 0.129 e. The van der Waals surface area contributed by atoms with Crippen molar-refractivity contribution in [3.63, 3.8) is 0 Å². The Morgan fingerprint density at radius 2 is 2.12 bits per heavy atom. The Morgan fingerprint density at radius 3 is 2.69 bits per heavy atom. The van der Waals surface area contributed by atoms with Crippen molar-refractivity contribution in [3.05, 3.63) is 34.6 Å². The Hall–Kier alpha value is -0.310. The molecule has 1 aromatic rings. The van der Waals surface area contributed by atoms with Gasteiger partial charge in [0.1, 0.15) is 5.82 Å². The van der Waals surface area contributed by atoms with Gasteiger partial charge in [0.15, 0.2) is 0 Å². The molecule has 1 saturated carbocycles. The molecule has 2 rings (SSSR count). The fourth-order valence-electron chi connectivity index (χ4n) is 1.69. The van der Waals surface area contributed by atoms with Crippen molar-refractivity contribution in [3.8, 4) is 0 Å². The van der Waals surface area contributed by atoms with E-state index >= 15 is 0 Å². The van der Waals surface area contributed by atoms with E-state index < -0.39 is 0 Å². The van der Waals surface area contributed by atoms with Crippen LogP contribution in [0.25, 0.3) is 0 Å². The van der Waals surface area contributed by atoms with Gasteiger partial charge in [-0.15, -0.1) is 11.6 Å². The second-order valence-electron chi connectivity index (χ2n) is 4.44. The Balaban J connectivity index is 1.90. The predicted octanol–water partition coefficient (Wildman–Crippen LogP) is 3.59. The van der Waals surface area contributed by atoms with Crippen LogP contribution >= 0.6 is 23.2 Å². The molecular weight excluding hydrogens is 248 g/mol. The van der Waals surface area contributed by atoms with Crippen LogP contribution in [0.3, 0.4) is 0 Å². The first-order chi connectivity index (χ1) is 7.67. The summed E-state index contributed by atoms with van der Waals surface area (Å²) < 4.78 is 13.4. The van der Waals surface area contributed by atoms with Gasteiger partial charge in [0.25, 0.3) is 0 Å². The summed E-state index contributed by atoms with van der Waals surface area (Å²) in [6.45, 7) is 1.30. The van der Waals surface area contributed by atoms with Crippen LogP contribution in [-0.4, -0.2) is 12.4 Å². The molecule has 0 bridgehead atoms. The SMILES string of the molecule is Fc1cccc(Cl)c1CNCC1(CCl)CC1. The Labute approximate surface area is 105 Å². The van der Waals surface area contributed by atoms with Crippen molar-refractivity contribution in [1.82, 2.24) is 5.32 Å². The van der Waals surface area contributed by atoms with E-state index in [0.29, 0.717) is 23.0 Å². The molecule has 0 atom stereocenters. The lowest BCUT2D eigenvalue weighted by molar-refractivity contribution is 0.496. The highest BCUT2D eigenvalue weighted by molar-refractivity contribution is 6.31. The van der Waals surface area contributed by atoms with Gasteiger partial charge < -0.3 is 5.32 Å². The number of nitrogens with one attached hydrogen (secondary N) is 1. The van der Waals surface area contributed by atoms with Crippen molar-refractivity contribution in [2.24, 2.45) is 5.41 Å². The van der Waals surface area contributed by atoms with Crippen LogP contribution in [0, 0.1) is 11.2 Å². The summed E-state index contributed by atoms with van der Waals surface area (Å²) in [6.07, 6.45) is 2.32. The first kappa shape index (κ1) is 12.2. The highest BCUT2D eigenvalue weighted by Gasteiger charge is 2.41. The zero-order valence-corrected chi connectivity index (χ0v) is 10.4. The fraction of sp³-hybridized carbons (Fsp3) is 0.500. The minimum Gasteiger partial charge on any atom is -0.312 e. The van der Waals surface area contributed by atoms with Crippen molar-refractivity contribution < 1.29 is 4.39 Å². The third-order valence-corrected chi connectivity index (χ3v) is 4.03. The molecule has 0 saturated heterocycles. The van der Waals surface area contributed by atoms with Crippen LogP contribution in [0.5, 0.6) is 0 Å². The molecule has 0 heterocycles.